The van der Waals surface area contributed by atoms with E-state index in [1.807, 2.05) is 30.3 Å². The van der Waals surface area contributed by atoms with Crippen molar-refractivity contribution in [2.24, 2.45) is 0 Å². The zero-order chi connectivity index (χ0) is 22.5. The maximum atomic E-state index is 8.68. The Morgan fingerprint density at radius 1 is 0.926 bits per heavy atom. The summed E-state index contributed by atoms with van der Waals surface area (Å²) < 4.78 is 45.6. The molecule has 0 atom stereocenters. The van der Waals surface area contributed by atoms with E-state index in [4.69, 9.17) is 11.3 Å². The van der Waals surface area contributed by atoms with Gasteiger partial charge < -0.3 is 4.42 Å². The molecule has 3 nitrogen and oxygen atoms in total. The number of nitrogens with zero attached hydrogens (tertiary/aromatic N) is 2. The lowest BCUT2D eigenvalue weighted by molar-refractivity contribution is 0.654. The van der Waals surface area contributed by atoms with Gasteiger partial charge in [0.05, 0.1) is 5.69 Å². The third-order valence-corrected chi connectivity index (χ3v) is 4.46. The maximum Gasteiger partial charge on any atom is 0.227 e. The SMILES string of the molecule is [2H]C([2H])([2H])c1ccc(C([2H])([2H])c2ccnc(-c3cnc4oc5ccccc5c4c3)c2)cc1. The lowest BCUT2D eigenvalue weighted by Gasteiger charge is -2.06. The van der Waals surface area contributed by atoms with Gasteiger partial charge in [-0.2, -0.15) is 0 Å². The van der Waals surface area contributed by atoms with E-state index in [-0.39, 0.29) is 5.56 Å². The van der Waals surface area contributed by atoms with Gasteiger partial charge in [-0.3, -0.25) is 4.98 Å². The van der Waals surface area contributed by atoms with Crippen LogP contribution >= 0.6 is 0 Å². The van der Waals surface area contributed by atoms with Crippen molar-refractivity contribution in [1.29, 1.82) is 0 Å². The van der Waals surface area contributed by atoms with Gasteiger partial charge in [0, 0.05) is 35.6 Å². The molecule has 27 heavy (non-hydrogen) atoms. The Morgan fingerprint density at radius 3 is 2.70 bits per heavy atom. The predicted octanol–water partition coefficient (Wildman–Crippen LogP) is 5.94. The molecule has 130 valence electrons. The Bertz CT molecular complexity index is 1440. The fourth-order valence-corrected chi connectivity index (χ4v) is 3.14. The number of furan rings is 1. The van der Waals surface area contributed by atoms with Crippen LogP contribution in [0.5, 0.6) is 0 Å². The largest absolute Gasteiger partial charge is 0.438 e. The first-order valence-corrected chi connectivity index (χ1v) is 8.59. The summed E-state index contributed by atoms with van der Waals surface area (Å²) in [5.41, 5.74) is 3.60. The molecule has 0 saturated carbocycles. The van der Waals surface area contributed by atoms with E-state index in [2.05, 4.69) is 9.97 Å². The van der Waals surface area contributed by atoms with Gasteiger partial charge in [0.25, 0.3) is 0 Å². The van der Waals surface area contributed by atoms with E-state index in [0.29, 0.717) is 22.5 Å². The molecule has 0 fully saturated rings. The summed E-state index contributed by atoms with van der Waals surface area (Å²) in [6, 6.07) is 18.9. The predicted molar refractivity (Wildman–Crippen MR) is 109 cm³/mol. The Kier molecular flexibility index (Phi) is 2.66. The maximum absolute atomic E-state index is 8.68. The van der Waals surface area contributed by atoms with Gasteiger partial charge in [-0.25, -0.2) is 4.98 Å². The molecule has 3 heteroatoms. The highest BCUT2D eigenvalue weighted by Gasteiger charge is 2.10. The van der Waals surface area contributed by atoms with E-state index in [1.165, 1.54) is 24.3 Å². The normalized spacial score (nSPS) is 15.0. The lowest BCUT2D eigenvalue weighted by Crippen LogP contribution is -1.92. The van der Waals surface area contributed by atoms with Crippen LogP contribution in [0.15, 0.2) is 83.5 Å². The van der Waals surface area contributed by atoms with E-state index in [9.17, 15) is 0 Å². The van der Waals surface area contributed by atoms with Crippen molar-refractivity contribution >= 4 is 22.1 Å². The molecule has 0 bridgehead atoms. The minimum Gasteiger partial charge on any atom is -0.438 e. The molecule has 5 aromatic rings. The van der Waals surface area contributed by atoms with Crippen molar-refractivity contribution < 1.29 is 11.3 Å². The standard InChI is InChI=1S/C24H18N2O/c1-16-6-8-17(9-7-16)12-18-10-11-25-22(13-18)19-14-21-20-4-2-3-5-23(20)27-24(21)26-15-19/h2-11,13-15H,12H2,1H3/i1D3,12D2. The molecule has 0 spiro atoms. The number of fused-ring (bicyclic) bond motifs is 3. The quantitative estimate of drug-likeness (QED) is 0.402. The Balaban J connectivity index is 1.55. The van der Waals surface area contributed by atoms with Crippen molar-refractivity contribution in [1.82, 2.24) is 9.97 Å². The van der Waals surface area contributed by atoms with E-state index < -0.39 is 13.2 Å². The molecular weight excluding hydrogens is 332 g/mol. The number of rotatable bonds is 3. The minimum absolute atomic E-state index is 0.180. The molecule has 0 aliphatic rings. The van der Waals surface area contributed by atoms with Gasteiger partial charge in [0.2, 0.25) is 5.71 Å². The van der Waals surface area contributed by atoms with Crippen LogP contribution in [0.3, 0.4) is 0 Å². The molecule has 2 aromatic carbocycles. The number of aryl methyl sites for hydroxylation is 1. The summed E-state index contributed by atoms with van der Waals surface area (Å²) in [7, 11) is 0. The minimum atomic E-state index is -2.22. The number of aromatic nitrogens is 2. The van der Waals surface area contributed by atoms with E-state index in [0.717, 1.165) is 21.9 Å². The Morgan fingerprint density at radius 2 is 1.81 bits per heavy atom. The second-order valence-corrected chi connectivity index (χ2v) is 6.31. The molecule has 5 rings (SSSR count). The molecule has 0 saturated heterocycles. The second-order valence-electron chi connectivity index (χ2n) is 6.31. The summed E-state index contributed by atoms with van der Waals surface area (Å²) >= 11 is 0. The molecule has 0 aliphatic heterocycles. The van der Waals surface area contributed by atoms with E-state index in [1.54, 1.807) is 24.5 Å². The first kappa shape index (κ1) is 11.3. The van der Waals surface area contributed by atoms with Crippen LogP contribution in [0.25, 0.3) is 33.3 Å². The molecule has 0 unspecified atom stereocenters. The Labute approximate surface area is 164 Å². The summed E-state index contributed by atoms with van der Waals surface area (Å²) in [4.78, 5) is 8.85. The number of hydrogen-bond donors (Lipinski definition) is 0. The molecule has 3 aromatic heterocycles. The van der Waals surface area contributed by atoms with Gasteiger partial charge >= 0.3 is 0 Å². The van der Waals surface area contributed by atoms with Crippen LogP contribution in [0, 0.1) is 6.85 Å². The first-order valence-electron chi connectivity index (χ1n) is 11.1. The number of hydrogen-bond acceptors (Lipinski definition) is 3. The van der Waals surface area contributed by atoms with Crippen LogP contribution in [0.2, 0.25) is 0 Å². The molecule has 3 heterocycles. The second kappa shape index (κ2) is 6.36. The van der Waals surface area contributed by atoms with Gasteiger partial charge in [-0.05, 0) is 48.6 Å². The summed E-state index contributed by atoms with van der Waals surface area (Å²) in [5.74, 6) is 0. The third kappa shape index (κ3) is 2.97. The molecular formula is C24H18N2O. The average Bonchev–Trinajstić information content (AvgIpc) is 3.16. The zero-order valence-electron chi connectivity index (χ0n) is 19.3. The van der Waals surface area contributed by atoms with Gasteiger partial charge in [-0.1, -0.05) is 48.0 Å². The molecule has 0 amide bonds. The molecule has 0 N–H and O–H groups in total. The summed E-state index contributed by atoms with van der Waals surface area (Å²) in [6.45, 7) is -2.22. The van der Waals surface area contributed by atoms with Crippen molar-refractivity contribution in [3.8, 4) is 11.3 Å². The van der Waals surface area contributed by atoms with Crippen molar-refractivity contribution in [3.05, 3.63) is 95.8 Å². The van der Waals surface area contributed by atoms with Crippen LogP contribution in [-0.2, 0) is 6.37 Å². The topological polar surface area (TPSA) is 38.9 Å². The average molecular weight is 355 g/mol. The van der Waals surface area contributed by atoms with Crippen molar-refractivity contribution in [2.75, 3.05) is 0 Å². The highest BCUT2D eigenvalue weighted by molar-refractivity contribution is 6.04. The first-order chi connectivity index (χ1) is 15.2. The number of para-hydroxylation sites is 1. The smallest absolute Gasteiger partial charge is 0.227 e. The monoisotopic (exact) mass is 355 g/mol. The van der Waals surface area contributed by atoms with Crippen LogP contribution < -0.4 is 0 Å². The zero-order valence-corrected chi connectivity index (χ0v) is 14.3. The van der Waals surface area contributed by atoms with Crippen LogP contribution in [0.4, 0.5) is 0 Å². The highest BCUT2D eigenvalue weighted by atomic mass is 16.3. The Hall–Kier alpha value is -3.46. The van der Waals surface area contributed by atoms with Gasteiger partial charge in [0.1, 0.15) is 5.58 Å². The number of benzene rings is 2. The van der Waals surface area contributed by atoms with E-state index >= 15 is 0 Å². The fourth-order valence-electron chi connectivity index (χ4n) is 3.14. The van der Waals surface area contributed by atoms with Crippen molar-refractivity contribution in [2.45, 2.75) is 13.2 Å². The van der Waals surface area contributed by atoms with Crippen LogP contribution in [-0.4, -0.2) is 9.97 Å². The fraction of sp³-hybridized carbons (Fsp3) is 0.0833. The van der Waals surface area contributed by atoms with Gasteiger partial charge in [0.15, 0.2) is 0 Å². The number of pyridine rings is 2. The van der Waals surface area contributed by atoms with Gasteiger partial charge in [-0.15, -0.1) is 0 Å². The lowest BCUT2D eigenvalue weighted by atomic mass is 10.0. The third-order valence-electron chi connectivity index (χ3n) is 4.46. The highest BCUT2D eigenvalue weighted by Crippen LogP contribution is 2.30. The van der Waals surface area contributed by atoms with Crippen LogP contribution in [0.1, 0.15) is 23.5 Å². The molecule has 0 radical (unpaired) electrons. The summed E-state index contributed by atoms with van der Waals surface area (Å²) in [6.07, 6.45) is 1.40. The molecule has 0 aliphatic carbocycles. The van der Waals surface area contributed by atoms with Crippen molar-refractivity contribution in [3.63, 3.8) is 0 Å². The summed E-state index contributed by atoms with van der Waals surface area (Å²) in [5, 5.41) is 1.83.